The molecule has 0 aliphatic rings. The third-order valence-electron chi connectivity index (χ3n) is 6.78. The van der Waals surface area contributed by atoms with Gasteiger partial charge in [-0.1, -0.05) is 84.9 Å². The smallest absolute Gasteiger partial charge is 0.188 e. The number of benzene rings is 5. The molecule has 0 amide bonds. The van der Waals surface area contributed by atoms with Crippen LogP contribution in [0.1, 0.15) is 0 Å². The van der Waals surface area contributed by atoms with E-state index in [9.17, 15) is 8.78 Å². The molecule has 0 saturated heterocycles. The van der Waals surface area contributed by atoms with Gasteiger partial charge < -0.3 is 4.74 Å². The Kier molecular flexibility index (Phi) is 8.91. The number of rotatable bonds is 6. The summed E-state index contributed by atoms with van der Waals surface area (Å²) >= 11 is 2.20. The van der Waals surface area contributed by atoms with Crippen LogP contribution in [-0.4, -0.2) is 47.5 Å². The first-order valence-corrected chi connectivity index (χ1v) is 14.7. The third-order valence-corrected chi connectivity index (χ3v) is 7.72. The summed E-state index contributed by atoms with van der Waals surface area (Å²) in [5, 5.41) is 23.4. The van der Waals surface area contributed by atoms with Crippen molar-refractivity contribution < 1.29 is 13.5 Å². The van der Waals surface area contributed by atoms with Gasteiger partial charge >= 0.3 is 0 Å². The number of nitrogens with zero attached hydrogens (tertiary/aromatic N) is 8. The second-order valence-electron chi connectivity index (χ2n) is 9.46. The van der Waals surface area contributed by atoms with Crippen LogP contribution < -0.4 is 4.74 Å². The highest BCUT2D eigenvalue weighted by Crippen LogP contribution is 2.36. The summed E-state index contributed by atoms with van der Waals surface area (Å²) in [7, 11) is 1.63. The Labute approximate surface area is 270 Å². The van der Waals surface area contributed by atoms with Crippen molar-refractivity contribution in [1.82, 2.24) is 40.4 Å². The summed E-state index contributed by atoms with van der Waals surface area (Å²) in [4.78, 5) is 0. The number of hydrogen-bond donors (Lipinski definition) is 0. The number of aromatic nitrogens is 8. The lowest BCUT2D eigenvalue weighted by atomic mass is 9.98. The molecule has 0 fully saturated rings. The highest BCUT2D eigenvalue weighted by atomic mass is 127. The summed E-state index contributed by atoms with van der Waals surface area (Å²) in [6.07, 6.45) is 0. The van der Waals surface area contributed by atoms with E-state index in [4.69, 9.17) is 4.74 Å². The zero-order chi connectivity index (χ0) is 31.2. The van der Waals surface area contributed by atoms with Gasteiger partial charge in [-0.25, -0.2) is 8.78 Å². The van der Waals surface area contributed by atoms with Crippen molar-refractivity contribution in [3.8, 4) is 51.0 Å². The van der Waals surface area contributed by atoms with Crippen LogP contribution in [0.2, 0.25) is 0 Å². The Bertz CT molecular complexity index is 2020. The lowest BCUT2D eigenvalue weighted by Crippen LogP contribution is -2.03. The van der Waals surface area contributed by atoms with Gasteiger partial charge in [0.15, 0.2) is 11.6 Å². The summed E-state index contributed by atoms with van der Waals surface area (Å²) < 4.78 is 37.4. The molecule has 0 aliphatic heterocycles. The molecule has 0 radical (unpaired) electrons. The predicted molar refractivity (Wildman–Crippen MR) is 174 cm³/mol. The molecule has 2 heterocycles. The Morgan fingerprint density at radius 2 is 0.978 bits per heavy atom. The lowest BCUT2D eigenvalue weighted by Gasteiger charge is -2.13. The molecule has 0 saturated carbocycles. The van der Waals surface area contributed by atoms with Crippen molar-refractivity contribution in [2.24, 2.45) is 0 Å². The topological polar surface area (TPSA) is 96.4 Å². The molecule has 12 heteroatoms. The largest absolute Gasteiger partial charge is 0.496 e. The average molecular weight is 713 g/mol. The fourth-order valence-corrected chi connectivity index (χ4v) is 5.33. The van der Waals surface area contributed by atoms with E-state index < -0.39 is 5.82 Å². The van der Waals surface area contributed by atoms with Crippen molar-refractivity contribution in [2.45, 2.75) is 0 Å². The van der Waals surface area contributed by atoms with Gasteiger partial charge in [-0.05, 0) is 85.4 Å². The van der Waals surface area contributed by atoms with Gasteiger partial charge in [0.1, 0.15) is 28.8 Å². The molecule has 2 aromatic heterocycles. The zero-order valence-corrected chi connectivity index (χ0v) is 25.8. The summed E-state index contributed by atoms with van der Waals surface area (Å²) in [5.74, 6) is 0.967. The van der Waals surface area contributed by atoms with Gasteiger partial charge in [-0.2, -0.15) is 9.36 Å². The van der Waals surface area contributed by atoms with Crippen LogP contribution in [0.25, 0.3) is 45.3 Å². The summed E-state index contributed by atoms with van der Waals surface area (Å²) in [6.45, 7) is 0. The average Bonchev–Trinajstić information content (AvgIpc) is 3.76. The van der Waals surface area contributed by atoms with Crippen molar-refractivity contribution >= 4 is 22.6 Å². The second kappa shape index (κ2) is 13.5. The molecule has 0 spiro atoms. The summed E-state index contributed by atoms with van der Waals surface area (Å²) in [5.41, 5.74) is 4.09. The van der Waals surface area contributed by atoms with E-state index >= 15 is 0 Å². The van der Waals surface area contributed by atoms with Gasteiger partial charge in [-0.3, -0.25) is 0 Å². The minimum absolute atomic E-state index is 0.294. The van der Waals surface area contributed by atoms with Crippen molar-refractivity contribution in [2.75, 3.05) is 7.11 Å². The van der Waals surface area contributed by atoms with Crippen LogP contribution in [0.3, 0.4) is 0 Å². The molecule has 9 nitrogen and oxygen atoms in total. The van der Waals surface area contributed by atoms with E-state index in [2.05, 4.69) is 53.6 Å². The molecule has 7 aromatic rings. The maximum Gasteiger partial charge on any atom is 0.188 e. The van der Waals surface area contributed by atoms with Gasteiger partial charge in [-0.15, -0.1) is 10.2 Å². The van der Waals surface area contributed by atoms with E-state index in [-0.39, 0.29) is 5.82 Å². The maximum atomic E-state index is 14.3. The minimum Gasteiger partial charge on any atom is -0.496 e. The quantitative estimate of drug-likeness (QED) is 0.168. The van der Waals surface area contributed by atoms with E-state index in [1.54, 1.807) is 43.5 Å². The first-order chi connectivity index (χ1) is 22.1. The summed E-state index contributed by atoms with van der Waals surface area (Å²) in [6, 6.07) is 35.9. The number of ether oxygens (including phenoxy) is 1. The molecule has 0 bridgehead atoms. The van der Waals surface area contributed by atoms with E-state index in [0.717, 1.165) is 31.6 Å². The Balaban J connectivity index is 0.000000167. The van der Waals surface area contributed by atoms with E-state index in [1.807, 2.05) is 72.8 Å². The van der Waals surface area contributed by atoms with Crippen LogP contribution in [-0.2, 0) is 0 Å². The third kappa shape index (κ3) is 6.17. The molecule has 5 aromatic carbocycles. The molecule has 45 heavy (non-hydrogen) atoms. The Hall–Kier alpha value is -5.37. The number of halogens is 3. The van der Waals surface area contributed by atoms with E-state index in [0.29, 0.717) is 23.0 Å². The van der Waals surface area contributed by atoms with Gasteiger partial charge in [0.2, 0.25) is 0 Å². The predicted octanol–water partition coefficient (Wildman–Crippen LogP) is 7.22. The Morgan fingerprint density at radius 1 is 0.533 bits per heavy atom. The minimum atomic E-state index is -0.393. The number of tetrazole rings is 2. The highest BCUT2D eigenvalue weighted by molar-refractivity contribution is 14.1. The second-order valence-corrected chi connectivity index (χ2v) is 10.6. The Morgan fingerprint density at radius 3 is 1.53 bits per heavy atom. The first kappa shape index (κ1) is 29.7. The van der Waals surface area contributed by atoms with Crippen LogP contribution in [0.5, 0.6) is 5.75 Å². The number of para-hydroxylation sites is 3. The standard InChI is InChI=1S/C20H15FN4O.C13H8FIN4/c1-26-19-13-7-4-9-15(19)14-8-2-3-10-16(14)20-22-23-24-25(20)18-12-6-5-11-17(18)21;14-10-6-2-4-8-12(10)19-13(16-17-18-19)9-5-1-3-7-11(9)15/h2-13H,1H3;1-8H. The molecule has 0 aliphatic carbocycles. The lowest BCUT2D eigenvalue weighted by molar-refractivity contribution is 0.416. The molecule has 7 rings (SSSR count). The SMILES string of the molecule is COc1ccccc1-c1ccccc1-c1nnnn1-c1ccccc1F.Fc1ccccc1-n1nnnc1-c1ccccc1I. The van der Waals surface area contributed by atoms with Crippen molar-refractivity contribution in [3.63, 3.8) is 0 Å². The van der Waals surface area contributed by atoms with Crippen LogP contribution in [0.4, 0.5) is 8.78 Å². The molecule has 222 valence electrons. The van der Waals surface area contributed by atoms with Crippen LogP contribution in [0.15, 0.2) is 121 Å². The van der Waals surface area contributed by atoms with Gasteiger partial charge in [0.05, 0.1) is 7.11 Å². The number of methoxy groups -OCH3 is 1. The fraction of sp³-hybridized carbons (Fsp3) is 0.0303. The monoisotopic (exact) mass is 712 g/mol. The molecular formula is C33H23F2IN8O. The normalized spacial score (nSPS) is 10.7. The highest BCUT2D eigenvalue weighted by Gasteiger charge is 2.19. The first-order valence-electron chi connectivity index (χ1n) is 13.6. The molecule has 0 unspecified atom stereocenters. The number of hydrogen-bond acceptors (Lipinski definition) is 7. The van der Waals surface area contributed by atoms with Gasteiger partial charge in [0.25, 0.3) is 0 Å². The van der Waals surface area contributed by atoms with Gasteiger partial charge in [0, 0.05) is 20.3 Å². The zero-order valence-electron chi connectivity index (χ0n) is 23.7. The van der Waals surface area contributed by atoms with Crippen molar-refractivity contribution in [3.05, 3.63) is 137 Å². The fourth-order valence-electron chi connectivity index (χ4n) is 4.70. The maximum absolute atomic E-state index is 14.3. The molecule has 0 N–H and O–H groups in total. The molecule has 0 atom stereocenters. The van der Waals surface area contributed by atoms with Crippen molar-refractivity contribution in [1.29, 1.82) is 0 Å². The van der Waals surface area contributed by atoms with Crippen LogP contribution in [0, 0.1) is 15.2 Å². The molecular weight excluding hydrogens is 689 g/mol. The van der Waals surface area contributed by atoms with E-state index in [1.165, 1.54) is 21.5 Å². The van der Waals surface area contributed by atoms with Crippen LogP contribution >= 0.6 is 22.6 Å².